The molecule has 0 aliphatic carbocycles. The highest BCUT2D eigenvalue weighted by atomic mass is 32.2. The van der Waals surface area contributed by atoms with Crippen molar-refractivity contribution in [2.24, 2.45) is 0 Å². The number of phenolic OH excluding ortho intramolecular Hbond substituents is 1. The molecule has 0 saturated heterocycles. The van der Waals surface area contributed by atoms with E-state index in [2.05, 4.69) is 10.6 Å². The molecule has 2 aromatic rings. The number of benzene rings is 2. The number of nitrogens with zero attached hydrogens (tertiary/aromatic N) is 1. The van der Waals surface area contributed by atoms with Gasteiger partial charge in [-0.25, -0.2) is 0 Å². The minimum atomic E-state index is -0.585. The second-order valence-electron chi connectivity index (χ2n) is 5.54. The van der Waals surface area contributed by atoms with Crippen LogP contribution in [-0.4, -0.2) is 25.2 Å². The smallest absolute Gasteiger partial charge is 0.265 e. The molecule has 1 heterocycles. The van der Waals surface area contributed by atoms with Crippen LogP contribution in [-0.2, 0) is 4.79 Å². The number of ether oxygens (including phenoxy) is 2. The Morgan fingerprint density at radius 1 is 1.22 bits per heavy atom. The zero-order valence-electron chi connectivity index (χ0n) is 14.6. The van der Waals surface area contributed by atoms with E-state index in [1.807, 2.05) is 6.07 Å². The van der Waals surface area contributed by atoms with Gasteiger partial charge in [-0.3, -0.25) is 4.79 Å². The van der Waals surface area contributed by atoms with Crippen molar-refractivity contribution in [3.63, 3.8) is 0 Å². The van der Waals surface area contributed by atoms with Gasteiger partial charge >= 0.3 is 0 Å². The van der Waals surface area contributed by atoms with Crippen molar-refractivity contribution in [1.29, 1.82) is 5.26 Å². The molecule has 0 bridgehead atoms. The van der Waals surface area contributed by atoms with Crippen LogP contribution in [0.2, 0.25) is 0 Å². The van der Waals surface area contributed by atoms with Gasteiger partial charge in [-0.05, 0) is 18.2 Å². The van der Waals surface area contributed by atoms with E-state index in [-0.39, 0.29) is 11.3 Å². The Labute approximate surface area is 160 Å². The molecule has 1 atom stereocenters. The molecular weight excluding hydrogens is 366 g/mol. The van der Waals surface area contributed by atoms with Gasteiger partial charge in [-0.1, -0.05) is 30.0 Å². The van der Waals surface area contributed by atoms with Gasteiger partial charge in [0.1, 0.15) is 22.8 Å². The van der Waals surface area contributed by atoms with E-state index in [1.165, 1.54) is 18.9 Å². The minimum absolute atomic E-state index is 0.0264. The first-order valence-electron chi connectivity index (χ1n) is 7.96. The maximum atomic E-state index is 12.4. The van der Waals surface area contributed by atoms with Crippen molar-refractivity contribution < 1.29 is 19.4 Å². The lowest BCUT2D eigenvalue weighted by Crippen LogP contribution is -2.33. The molecule has 0 fully saturated rings. The lowest BCUT2D eigenvalue weighted by molar-refractivity contribution is -0.117. The number of carbonyl (C=O) groups is 1. The molecule has 138 valence electrons. The largest absolute Gasteiger partial charge is 0.504 e. The summed E-state index contributed by atoms with van der Waals surface area (Å²) in [6.07, 6.45) is 0. The average Bonchev–Trinajstić information content (AvgIpc) is 2.68. The molecule has 27 heavy (non-hydrogen) atoms. The normalized spacial score (nSPS) is 16.3. The van der Waals surface area contributed by atoms with Gasteiger partial charge in [0.15, 0.2) is 11.5 Å². The van der Waals surface area contributed by atoms with Crippen molar-refractivity contribution >= 4 is 23.4 Å². The fourth-order valence-electron chi connectivity index (χ4n) is 2.58. The van der Waals surface area contributed by atoms with Crippen molar-refractivity contribution in [3.05, 3.63) is 58.6 Å². The molecule has 0 saturated carbocycles. The maximum absolute atomic E-state index is 12.4. The van der Waals surface area contributed by atoms with Crippen LogP contribution in [0.3, 0.4) is 0 Å². The lowest BCUT2D eigenvalue weighted by atomic mass is 10.1. The number of amides is 1. The Hall–Kier alpha value is -3.31. The van der Waals surface area contributed by atoms with Crippen LogP contribution in [0.25, 0.3) is 0 Å². The fourth-order valence-corrected chi connectivity index (χ4v) is 3.73. The molecule has 1 aliphatic heterocycles. The topological polar surface area (TPSA) is 104 Å². The van der Waals surface area contributed by atoms with E-state index in [4.69, 9.17) is 9.47 Å². The summed E-state index contributed by atoms with van der Waals surface area (Å²) < 4.78 is 10.3. The fraction of sp³-hybridized carbons (Fsp3) is 0.158. The molecule has 2 aromatic carbocycles. The predicted octanol–water partition coefficient (Wildman–Crippen LogP) is 3.12. The predicted molar refractivity (Wildman–Crippen MR) is 102 cm³/mol. The molecule has 3 rings (SSSR count). The third-order valence-corrected chi connectivity index (χ3v) is 5.07. The quantitative estimate of drug-likeness (QED) is 0.729. The minimum Gasteiger partial charge on any atom is -0.504 e. The summed E-state index contributed by atoms with van der Waals surface area (Å²) in [5.74, 6) is 0.374. The number of hydrogen-bond donors (Lipinski definition) is 3. The second-order valence-corrected chi connectivity index (χ2v) is 6.66. The van der Waals surface area contributed by atoms with Crippen molar-refractivity contribution in [3.8, 4) is 23.3 Å². The summed E-state index contributed by atoms with van der Waals surface area (Å²) in [4.78, 5) is 12.4. The van der Waals surface area contributed by atoms with Crippen LogP contribution in [0.1, 0.15) is 10.9 Å². The Kier molecular flexibility index (Phi) is 5.43. The van der Waals surface area contributed by atoms with E-state index in [1.54, 1.807) is 49.6 Å². The van der Waals surface area contributed by atoms with Crippen molar-refractivity contribution in [1.82, 2.24) is 5.32 Å². The summed E-state index contributed by atoms with van der Waals surface area (Å²) in [7, 11) is 3.01. The highest BCUT2D eigenvalue weighted by Gasteiger charge is 2.31. The molecule has 7 nitrogen and oxygen atoms in total. The number of rotatable bonds is 5. The molecule has 8 heteroatoms. The number of carbonyl (C=O) groups excluding carboxylic acids is 1. The zero-order valence-corrected chi connectivity index (χ0v) is 15.5. The SMILES string of the molecule is COc1cccc(NC2=C(C#N)C(=O)N[C@H](c3cccc(OC)c3O)S2)c1. The summed E-state index contributed by atoms with van der Waals surface area (Å²) in [5, 5.41) is 25.4. The van der Waals surface area contributed by atoms with Gasteiger partial charge in [-0.15, -0.1) is 0 Å². The van der Waals surface area contributed by atoms with Gasteiger partial charge in [-0.2, -0.15) is 5.26 Å². The number of aromatic hydroxyl groups is 1. The molecule has 1 amide bonds. The van der Waals surface area contributed by atoms with Crippen LogP contribution in [0.4, 0.5) is 5.69 Å². The molecule has 0 unspecified atom stereocenters. The van der Waals surface area contributed by atoms with E-state index >= 15 is 0 Å². The summed E-state index contributed by atoms with van der Waals surface area (Å²) >= 11 is 1.22. The van der Waals surface area contributed by atoms with Crippen LogP contribution in [0, 0.1) is 11.3 Å². The molecule has 0 radical (unpaired) electrons. The molecule has 0 spiro atoms. The van der Waals surface area contributed by atoms with Crippen LogP contribution < -0.4 is 20.1 Å². The molecule has 0 aromatic heterocycles. The number of nitrogens with one attached hydrogen (secondary N) is 2. The Bertz CT molecular complexity index is 952. The van der Waals surface area contributed by atoms with E-state index in [9.17, 15) is 15.2 Å². The molecular formula is C19H17N3O4S. The average molecular weight is 383 g/mol. The maximum Gasteiger partial charge on any atom is 0.265 e. The van der Waals surface area contributed by atoms with E-state index < -0.39 is 11.3 Å². The number of methoxy groups -OCH3 is 2. The first-order valence-corrected chi connectivity index (χ1v) is 8.84. The van der Waals surface area contributed by atoms with Crippen LogP contribution in [0.15, 0.2) is 53.1 Å². The van der Waals surface area contributed by atoms with Crippen LogP contribution >= 0.6 is 11.8 Å². The summed E-state index contributed by atoms with van der Waals surface area (Å²) in [6, 6.07) is 14.1. The van der Waals surface area contributed by atoms with Gasteiger partial charge < -0.3 is 25.2 Å². The van der Waals surface area contributed by atoms with Gasteiger partial charge in [0, 0.05) is 17.3 Å². The number of phenols is 1. The Morgan fingerprint density at radius 2 is 2.00 bits per heavy atom. The highest BCUT2D eigenvalue weighted by Crippen LogP contribution is 2.43. The zero-order chi connectivity index (χ0) is 19.4. The van der Waals surface area contributed by atoms with Crippen molar-refractivity contribution in [2.75, 3.05) is 19.5 Å². The number of anilines is 1. The number of thioether (sulfide) groups is 1. The highest BCUT2D eigenvalue weighted by molar-refractivity contribution is 8.03. The third-order valence-electron chi connectivity index (χ3n) is 3.92. The molecule has 3 N–H and O–H groups in total. The van der Waals surface area contributed by atoms with Gasteiger partial charge in [0.2, 0.25) is 0 Å². The third kappa shape index (κ3) is 3.78. The first-order chi connectivity index (χ1) is 13.1. The Morgan fingerprint density at radius 3 is 2.70 bits per heavy atom. The number of hydrogen-bond acceptors (Lipinski definition) is 7. The van der Waals surface area contributed by atoms with E-state index in [0.29, 0.717) is 27.8 Å². The van der Waals surface area contributed by atoms with Gasteiger partial charge in [0.05, 0.1) is 19.2 Å². The summed E-state index contributed by atoms with van der Waals surface area (Å²) in [6.45, 7) is 0. The van der Waals surface area contributed by atoms with Gasteiger partial charge in [0.25, 0.3) is 5.91 Å². The second kappa shape index (κ2) is 7.93. The number of para-hydroxylation sites is 1. The van der Waals surface area contributed by atoms with Crippen LogP contribution in [0.5, 0.6) is 17.2 Å². The monoisotopic (exact) mass is 383 g/mol. The Balaban J connectivity index is 1.95. The first kappa shape index (κ1) is 18.5. The van der Waals surface area contributed by atoms with E-state index in [0.717, 1.165) is 0 Å². The lowest BCUT2D eigenvalue weighted by Gasteiger charge is -2.27. The summed E-state index contributed by atoms with van der Waals surface area (Å²) in [5.41, 5.74) is 1.13. The van der Waals surface area contributed by atoms with Crippen molar-refractivity contribution in [2.45, 2.75) is 5.37 Å². The standard InChI is InChI=1S/C19H17N3O4S/c1-25-12-6-3-5-11(9-12)21-19-14(10-20)17(24)22-18(27-19)13-7-4-8-15(26-2)16(13)23/h3-9,18,21,23H,1-2H3,(H,22,24)/t18-/m0/s1. The molecule has 1 aliphatic rings. The number of nitriles is 1.